The van der Waals surface area contributed by atoms with Crippen LogP contribution in [0.25, 0.3) is 0 Å². The van der Waals surface area contributed by atoms with Crippen molar-refractivity contribution in [2.24, 2.45) is 0 Å². The van der Waals surface area contributed by atoms with Crippen molar-refractivity contribution in [1.82, 2.24) is 5.48 Å². The van der Waals surface area contributed by atoms with Crippen molar-refractivity contribution < 1.29 is 14.4 Å². The van der Waals surface area contributed by atoms with Crippen LogP contribution in [0, 0.1) is 0 Å². The van der Waals surface area contributed by atoms with Crippen molar-refractivity contribution in [3.8, 4) is 5.75 Å². The number of carbonyl (C=O) groups is 1. The van der Waals surface area contributed by atoms with Gasteiger partial charge in [-0.1, -0.05) is 37.6 Å². The third-order valence-electron chi connectivity index (χ3n) is 3.11. The predicted molar refractivity (Wildman–Crippen MR) is 72.9 cm³/mol. The molecule has 1 N–H and O–H groups in total. The molecule has 4 heteroatoms. The second-order valence-electron chi connectivity index (χ2n) is 4.55. The van der Waals surface area contributed by atoms with E-state index < -0.39 is 0 Å². The van der Waals surface area contributed by atoms with Crippen LogP contribution in [0.5, 0.6) is 5.75 Å². The lowest BCUT2D eigenvalue weighted by molar-refractivity contribution is -0.0126. The van der Waals surface area contributed by atoms with Gasteiger partial charge in [0.15, 0.2) is 0 Å². The fraction of sp³-hybridized carbons (Fsp3) is 0.400. The van der Waals surface area contributed by atoms with Gasteiger partial charge < -0.3 is 4.74 Å². The van der Waals surface area contributed by atoms with Gasteiger partial charge in [-0.05, 0) is 25.0 Å². The van der Waals surface area contributed by atoms with Gasteiger partial charge in [0.25, 0.3) is 5.91 Å². The van der Waals surface area contributed by atoms with E-state index in [1.807, 2.05) is 6.07 Å². The Morgan fingerprint density at radius 1 is 1.37 bits per heavy atom. The highest BCUT2D eigenvalue weighted by Crippen LogP contribution is 2.21. The Morgan fingerprint density at radius 2 is 2.11 bits per heavy atom. The van der Waals surface area contributed by atoms with E-state index >= 15 is 0 Å². The molecule has 2 rings (SSSR count). The highest BCUT2D eigenvalue weighted by Gasteiger charge is 2.18. The van der Waals surface area contributed by atoms with Crippen molar-refractivity contribution in [2.45, 2.75) is 31.8 Å². The first kappa shape index (κ1) is 13.6. The van der Waals surface area contributed by atoms with E-state index in [0.717, 1.165) is 12.8 Å². The summed E-state index contributed by atoms with van der Waals surface area (Å²) in [5.41, 5.74) is 2.99. The summed E-state index contributed by atoms with van der Waals surface area (Å²) in [7, 11) is 0. The van der Waals surface area contributed by atoms with E-state index in [1.165, 1.54) is 12.8 Å². The third kappa shape index (κ3) is 3.83. The molecule has 0 bridgehead atoms. The summed E-state index contributed by atoms with van der Waals surface area (Å²) in [5.74, 6) is 0.265. The zero-order chi connectivity index (χ0) is 13.5. The van der Waals surface area contributed by atoms with Crippen molar-refractivity contribution in [3.63, 3.8) is 0 Å². The number of hydrogen-bond donors (Lipinski definition) is 1. The molecule has 1 amide bonds. The summed E-state index contributed by atoms with van der Waals surface area (Å²) in [6.45, 7) is 3.96. The molecule has 102 valence electrons. The van der Waals surface area contributed by atoms with Gasteiger partial charge in [0.2, 0.25) is 0 Å². The molecule has 0 unspecified atom stereocenters. The van der Waals surface area contributed by atoms with E-state index in [-0.39, 0.29) is 12.0 Å². The molecule has 0 spiro atoms. The molecule has 0 aliphatic heterocycles. The maximum atomic E-state index is 12.0. The van der Waals surface area contributed by atoms with Crippen LogP contribution in [0.2, 0.25) is 0 Å². The monoisotopic (exact) mass is 261 g/mol. The van der Waals surface area contributed by atoms with Crippen molar-refractivity contribution >= 4 is 5.91 Å². The normalized spacial score (nSPS) is 15.2. The lowest BCUT2D eigenvalue weighted by Gasteiger charge is -2.13. The minimum atomic E-state index is -0.272. The Morgan fingerprint density at radius 3 is 2.84 bits per heavy atom. The van der Waals surface area contributed by atoms with E-state index in [9.17, 15) is 4.79 Å². The van der Waals surface area contributed by atoms with Gasteiger partial charge in [0, 0.05) is 0 Å². The molecule has 0 atom stereocenters. The molecule has 0 heterocycles. The fourth-order valence-electron chi connectivity index (χ4n) is 2.13. The SMILES string of the molecule is C=CCOc1ccccc1C(=O)NOC1CCCC1. The number of rotatable bonds is 6. The molecule has 19 heavy (non-hydrogen) atoms. The average Bonchev–Trinajstić information content (AvgIpc) is 2.96. The molecular formula is C15H19NO3. The number of carbonyl (C=O) groups excluding carboxylic acids is 1. The van der Waals surface area contributed by atoms with Crippen LogP contribution in [0.15, 0.2) is 36.9 Å². The minimum absolute atomic E-state index is 0.144. The molecule has 1 fully saturated rings. The zero-order valence-corrected chi connectivity index (χ0v) is 10.9. The van der Waals surface area contributed by atoms with Gasteiger partial charge in [-0.25, -0.2) is 5.48 Å². The van der Waals surface area contributed by atoms with Gasteiger partial charge in [-0.15, -0.1) is 0 Å². The highest BCUT2D eigenvalue weighted by molar-refractivity contribution is 5.96. The Hall–Kier alpha value is -1.81. The molecular weight excluding hydrogens is 242 g/mol. The number of ether oxygens (including phenoxy) is 1. The van der Waals surface area contributed by atoms with Crippen molar-refractivity contribution in [2.75, 3.05) is 6.61 Å². The zero-order valence-electron chi connectivity index (χ0n) is 10.9. The number of benzene rings is 1. The van der Waals surface area contributed by atoms with Gasteiger partial charge >= 0.3 is 0 Å². The lowest BCUT2D eigenvalue weighted by Crippen LogP contribution is -2.28. The van der Waals surface area contributed by atoms with E-state index in [0.29, 0.717) is 17.9 Å². The summed E-state index contributed by atoms with van der Waals surface area (Å²) >= 11 is 0. The Balaban J connectivity index is 1.95. The Kier molecular flexibility index (Phi) is 4.98. The minimum Gasteiger partial charge on any atom is -0.489 e. The first-order chi connectivity index (χ1) is 9.31. The van der Waals surface area contributed by atoms with E-state index in [4.69, 9.17) is 9.57 Å². The number of amides is 1. The molecule has 1 saturated carbocycles. The van der Waals surface area contributed by atoms with Gasteiger partial charge in [0.05, 0.1) is 11.7 Å². The Bertz CT molecular complexity index is 439. The van der Waals surface area contributed by atoms with Gasteiger partial charge in [-0.2, -0.15) is 0 Å². The molecule has 1 aliphatic rings. The first-order valence-electron chi connectivity index (χ1n) is 6.60. The van der Waals surface area contributed by atoms with Crippen LogP contribution >= 0.6 is 0 Å². The van der Waals surface area contributed by atoms with Crippen LogP contribution in [0.3, 0.4) is 0 Å². The van der Waals surface area contributed by atoms with Crippen LogP contribution in [-0.2, 0) is 4.84 Å². The van der Waals surface area contributed by atoms with Crippen LogP contribution in [0.1, 0.15) is 36.0 Å². The molecule has 0 aromatic heterocycles. The number of hydrogen-bond acceptors (Lipinski definition) is 3. The number of para-hydroxylation sites is 1. The highest BCUT2D eigenvalue weighted by atomic mass is 16.7. The number of hydroxylamine groups is 1. The largest absolute Gasteiger partial charge is 0.489 e. The predicted octanol–water partition coefficient (Wildman–Crippen LogP) is 2.86. The standard InChI is InChI=1S/C15H19NO3/c1-2-11-18-14-10-6-5-9-13(14)15(17)16-19-12-7-3-4-8-12/h2,5-6,9-10,12H,1,3-4,7-8,11H2,(H,16,17). The second-order valence-corrected chi connectivity index (χ2v) is 4.55. The molecule has 1 aliphatic carbocycles. The quantitative estimate of drug-likeness (QED) is 0.632. The van der Waals surface area contributed by atoms with E-state index in [2.05, 4.69) is 12.1 Å². The van der Waals surface area contributed by atoms with Crippen molar-refractivity contribution in [1.29, 1.82) is 0 Å². The summed E-state index contributed by atoms with van der Waals surface area (Å²) in [6.07, 6.45) is 6.14. The molecule has 1 aromatic carbocycles. The smallest absolute Gasteiger partial charge is 0.278 e. The summed E-state index contributed by atoms with van der Waals surface area (Å²) in [4.78, 5) is 17.4. The summed E-state index contributed by atoms with van der Waals surface area (Å²) in [6, 6.07) is 7.10. The summed E-state index contributed by atoms with van der Waals surface area (Å²) < 4.78 is 5.44. The van der Waals surface area contributed by atoms with E-state index in [1.54, 1.807) is 24.3 Å². The maximum absolute atomic E-state index is 12.0. The average molecular weight is 261 g/mol. The second kappa shape index (κ2) is 6.95. The van der Waals surface area contributed by atoms with Crippen LogP contribution in [-0.4, -0.2) is 18.6 Å². The topological polar surface area (TPSA) is 47.6 Å². The molecule has 1 aromatic rings. The molecule has 4 nitrogen and oxygen atoms in total. The van der Waals surface area contributed by atoms with Crippen molar-refractivity contribution in [3.05, 3.63) is 42.5 Å². The van der Waals surface area contributed by atoms with Gasteiger partial charge in [0.1, 0.15) is 12.4 Å². The summed E-state index contributed by atoms with van der Waals surface area (Å²) in [5, 5.41) is 0. The Labute approximate surface area is 113 Å². The van der Waals surface area contributed by atoms with Gasteiger partial charge in [-0.3, -0.25) is 9.63 Å². The van der Waals surface area contributed by atoms with Crippen LogP contribution < -0.4 is 10.2 Å². The maximum Gasteiger partial charge on any atom is 0.278 e. The number of nitrogens with one attached hydrogen (secondary N) is 1. The molecule has 0 saturated heterocycles. The third-order valence-corrected chi connectivity index (χ3v) is 3.11. The first-order valence-corrected chi connectivity index (χ1v) is 6.60. The van der Waals surface area contributed by atoms with Crippen LogP contribution in [0.4, 0.5) is 0 Å². The molecule has 0 radical (unpaired) electrons. The lowest BCUT2D eigenvalue weighted by atomic mass is 10.2. The fourth-order valence-corrected chi connectivity index (χ4v) is 2.13.